The maximum Gasteiger partial charge on any atom is 0.292 e. The van der Waals surface area contributed by atoms with Crippen molar-refractivity contribution in [2.45, 2.75) is 52.1 Å². The van der Waals surface area contributed by atoms with Gasteiger partial charge in [-0.25, -0.2) is 9.67 Å². The van der Waals surface area contributed by atoms with Gasteiger partial charge < -0.3 is 5.32 Å². The van der Waals surface area contributed by atoms with E-state index >= 15 is 0 Å². The van der Waals surface area contributed by atoms with Crippen molar-refractivity contribution in [3.63, 3.8) is 0 Å². The van der Waals surface area contributed by atoms with E-state index in [-0.39, 0.29) is 5.56 Å². The molecule has 0 radical (unpaired) electrons. The van der Waals surface area contributed by atoms with Crippen molar-refractivity contribution >= 4 is 17.0 Å². The highest BCUT2D eigenvalue weighted by Gasteiger charge is 2.24. The van der Waals surface area contributed by atoms with Crippen LogP contribution in [0.1, 0.15) is 39.5 Å². The van der Waals surface area contributed by atoms with Gasteiger partial charge in [0.2, 0.25) is 5.95 Å². The van der Waals surface area contributed by atoms with Crippen LogP contribution in [0.3, 0.4) is 0 Å². The molecule has 0 spiro atoms. The van der Waals surface area contributed by atoms with Crippen molar-refractivity contribution in [1.29, 1.82) is 0 Å². The molecule has 0 aromatic carbocycles. The molecule has 0 unspecified atom stereocenters. The van der Waals surface area contributed by atoms with E-state index < -0.39 is 0 Å². The fourth-order valence-electron chi connectivity index (χ4n) is 3.25. The van der Waals surface area contributed by atoms with Gasteiger partial charge >= 0.3 is 0 Å². The van der Waals surface area contributed by atoms with Crippen molar-refractivity contribution in [2.24, 2.45) is 13.0 Å². The topological polar surface area (TPSA) is 64.7 Å². The Bertz CT molecular complexity index is 823. The monoisotopic (exact) mass is 313 g/mol. The molecular weight excluding hydrogens is 290 g/mol. The number of aryl methyl sites for hydroxylation is 1. The van der Waals surface area contributed by atoms with E-state index in [4.69, 9.17) is 0 Å². The van der Waals surface area contributed by atoms with Gasteiger partial charge in [0.25, 0.3) is 5.56 Å². The van der Waals surface area contributed by atoms with Crippen molar-refractivity contribution in [2.75, 3.05) is 5.32 Å². The highest BCUT2D eigenvalue weighted by molar-refractivity contribution is 5.77. The van der Waals surface area contributed by atoms with Gasteiger partial charge in [0.1, 0.15) is 11.0 Å². The molecule has 23 heavy (non-hydrogen) atoms. The van der Waals surface area contributed by atoms with Crippen molar-refractivity contribution in [3.05, 3.63) is 16.6 Å². The molecular formula is C17H23N5O. The van der Waals surface area contributed by atoms with Crippen molar-refractivity contribution in [3.8, 4) is 11.8 Å². The molecule has 3 rings (SSSR count). The minimum absolute atomic E-state index is 0.141. The highest BCUT2D eigenvalue weighted by Crippen LogP contribution is 2.27. The lowest BCUT2D eigenvalue weighted by Crippen LogP contribution is -2.31. The lowest BCUT2D eigenvalue weighted by atomic mass is 9.86. The minimum Gasteiger partial charge on any atom is -0.353 e. The molecule has 2 aromatic rings. The number of nitrogens with zero attached hydrogens (tertiary/aromatic N) is 4. The number of fused-ring (bicyclic) bond motifs is 1. The summed E-state index contributed by atoms with van der Waals surface area (Å²) in [6.07, 6.45) is 6.54. The Balaban J connectivity index is 2.05. The summed E-state index contributed by atoms with van der Waals surface area (Å²) in [4.78, 5) is 17.1. The third-order valence-electron chi connectivity index (χ3n) is 4.68. The zero-order valence-electron chi connectivity index (χ0n) is 14.0. The second-order valence-corrected chi connectivity index (χ2v) is 6.27. The molecule has 1 aliphatic rings. The molecule has 6 nitrogen and oxygen atoms in total. The van der Waals surface area contributed by atoms with Crippen LogP contribution in [0.4, 0.5) is 5.95 Å². The summed E-state index contributed by atoms with van der Waals surface area (Å²) < 4.78 is 3.23. The van der Waals surface area contributed by atoms with Gasteiger partial charge in [0.05, 0.1) is 12.7 Å². The second-order valence-electron chi connectivity index (χ2n) is 6.27. The zero-order chi connectivity index (χ0) is 16.4. The van der Waals surface area contributed by atoms with Crippen LogP contribution in [0.15, 0.2) is 11.0 Å². The molecule has 6 heteroatoms. The average molecular weight is 313 g/mol. The van der Waals surface area contributed by atoms with Crippen LogP contribution in [0.2, 0.25) is 0 Å². The summed E-state index contributed by atoms with van der Waals surface area (Å²) in [6.45, 7) is 4.53. The average Bonchev–Trinajstić information content (AvgIpc) is 2.89. The maximum absolute atomic E-state index is 12.4. The van der Waals surface area contributed by atoms with Gasteiger partial charge in [-0.1, -0.05) is 25.7 Å². The summed E-state index contributed by atoms with van der Waals surface area (Å²) in [5, 5.41) is 7.62. The third kappa shape index (κ3) is 2.96. The molecule has 0 aliphatic heterocycles. The SMILES string of the molecule is CC#CCn1c(N[C@@H]2CCCC[C@@H]2C)nc2cnn(C)c(=O)c21. The Kier molecular flexibility index (Phi) is 4.37. The van der Waals surface area contributed by atoms with Crippen LogP contribution >= 0.6 is 0 Å². The summed E-state index contributed by atoms with van der Waals surface area (Å²) in [7, 11) is 1.65. The summed E-state index contributed by atoms with van der Waals surface area (Å²) in [5.74, 6) is 7.27. The molecule has 2 atom stereocenters. The van der Waals surface area contributed by atoms with Gasteiger partial charge in [-0.3, -0.25) is 9.36 Å². The quantitative estimate of drug-likeness (QED) is 0.882. The molecule has 1 N–H and O–H groups in total. The van der Waals surface area contributed by atoms with E-state index in [1.807, 2.05) is 4.57 Å². The second kappa shape index (κ2) is 6.45. The molecule has 0 saturated heterocycles. The Labute approximate surface area is 135 Å². The fourth-order valence-corrected chi connectivity index (χ4v) is 3.25. The van der Waals surface area contributed by atoms with Crippen LogP contribution in [-0.2, 0) is 13.6 Å². The Morgan fingerprint density at radius 1 is 1.39 bits per heavy atom. The van der Waals surface area contributed by atoms with Gasteiger partial charge in [0.15, 0.2) is 0 Å². The molecule has 1 aliphatic carbocycles. The number of hydrogen-bond acceptors (Lipinski definition) is 4. The first-order chi connectivity index (χ1) is 11.1. The maximum atomic E-state index is 12.4. The Hall–Kier alpha value is -2.29. The van der Waals surface area contributed by atoms with Crippen molar-refractivity contribution < 1.29 is 0 Å². The fraction of sp³-hybridized carbons (Fsp3) is 0.588. The van der Waals surface area contributed by atoms with Gasteiger partial charge in [-0.15, -0.1) is 5.92 Å². The largest absolute Gasteiger partial charge is 0.353 e. The normalized spacial score (nSPS) is 21.0. The molecule has 122 valence electrons. The lowest BCUT2D eigenvalue weighted by molar-refractivity contribution is 0.347. The third-order valence-corrected chi connectivity index (χ3v) is 4.68. The highest BCUT2D eigenvalue weighted by atomic mass is 16.1. The molecule has 1 saturated carbocycles. The molecule has 2 heterocycles. The number of rotatable bonds is 3. The van der Waals surface area contributed by atoms with E-state index in [1.165, 1.54) is 23.9 Å². The minimum atomic E-state index is -0.141. The molecule has 1 fully saturated rings. The van der Waals surface area contributed by atoms with Gasteiger partial charge in [-0.05, 0) is 25.7 Å². The van der Waals surface area contributed by atoms with Crippen molar-refractivity contribution in [1.82, 2.24) is 19.3 Å². The van der Waals surface area contributed by atoms with Crippen LogP contribution in [0, 0.1) is 17.8 Å². The summed E-state index contributed by atoms with van der Waals surface area (Å²) >= 11 is 0. The van der Waals surface area contributed by atoms with E-state index in [2.05, 4.69) is 34.2 Å². The smallest absolute Gasteiger partial charge is 0.292 e. The zero-order valence-corrected chi connectivity index (χ0v) is 14.0. The van der Waals surface area contributed by atoms with E-state index in [1.54, 1.807) is 20.2 Å². The first-order valence-corrected chi connectivity index (χ1v) is 8.20. The number of aromatic nitrogens is 4. The molecule has 2 aromatic heterocycles. The standard InChI is InChI=1S/C17H23N5O/c1-4-5-10-22-15-14(11-18-21(3)16(15)23)20-17(22)19-13-9-7-6-8-12(13)2/h11-13H,6-10H2,1-3H3,(H,19,20)/t12-,13+/m0/s1. The Morgan fingerprint density at radius 3 is 2.91 bits per heavy atom. The van der Waals surface area contributed by atoms with E-state index in [9.17, 15) is 4.79 Å². The first kappa shape index (κ1) is 15.6. The van der Waals surface area contributed by atoms with E-state index in [0.717, 1.165) is 12.4 Å². The first-order valence-electron chi connectivity index (χ1n) is 8.20. The summed E-state index contributed by atoms with van der Waals surface area (Å²) in [6, 6.07) is 0.394. The van der Waals surface area contributed by atoms with Crippen LogP contribution in [0.25, 0.3) is 11.0 Å². The van der Waals surface area contributed by atoms with E-state index in [0.29, 0.717) is 29.5 Å². The number of nitrogens with one attached hydrogen (secondary N) is 1. The predicted molar refractivity (Wildman–Crippen MR) is 91.3 cm³/mol. The van der Waals surface area contributed by atoms with Crippen LogP contribution < -0.4 is 10.9 Å². The number of imidazole rings is 1. The van der Waals surface area contributed by atoms with Gasteiger partial charge in [0, 0.05) is 13.1 Å². The Morgan fingerprint density at radius 2 is 2.17 bits per heavy atom. The summed E-state index contributed by atoms with van der Waals surface area (Å²) in [5.41, 5.74) is 1.05. The lowest BCUT2D eigenvalue weighted by Gasteiger charge is -2.29. The van der Waals surface area contributed by atoms with Gasteiger partial charge in [-0.2, -0.15) is 5.10 Å². The van der Waals surface area contributed by atoms with Crippen LogP contribution in [0.5, 0.6) is 0 Å². The van der Waals surface area contributed by atoms with Crippen LogP contribution in [-0.4, -0.2) is 25.4 Å². The molecule has 0 bridgehead atoms. The number of anilines is 1. The number of hydrogen-bond donors (Lipinski definition) is 1. The predicted octanol–water partition coefficient (Wildman–Crippen LogP) is 2.14. The molecule has 0 amide bonds.